The van der Waals surface area contributed by atoms with Crippen LogP contribution in [-0.4, -0.2) is 127 Å². The highest BCUT2D eigenvalue weighted by Crippen LogP contribution is 2.46. The van der Waals surface area contributed by atoms with Gasteiger partial charge in [-0.1, -0.05) is 62.7 Å². The lowest BCUT2D eigenvalue weighted by atomic mass is 9.97. The number of benzene rings is 3. The molecule has 4 aliphatic rings. The number of nitrogens with two attached hydrogens (primary N) is 1. The lowest BCUT2D eigenvalue weighted by Crippen LogP contribution is -2.51. The third-order valence-corrected chi connectivity index (χ3v) is 16.6. The van der Waals surface area contributed by atoms with Crippen molar-refractivity contribution in [2.24, 2.45) is 5.92 Å². The molecule has 78 heavy (non-hydrogen) atoms. The molecule has 0 saturated carbocycles. The number of carbonyl (C=O) groups is 3. The quantitative estimate of drug-likeness (QED) is 0.0668. The summed E-state index contributed by atoms with van der Waals surface area (Å²) in [6.07, 6.45) is 7.29. The first kappa shape index (κ1) is 58.1. The van der Waals surface area contributed by atoms with Crippen LogP contribution in [0.25, 0.3) is 42.6 Å². The van der Waals surface area contributed by atoms with Gasteiger partial charge in [0.1, 0.15) is 34.3 Å². The number of nitrogens with zero attached hydrogens (tertiary/aromatic N) is 7. The fourth-order valence-electron chi connectivity index (χ4n) is 10.5. The maximum absolute atomic E-state index is 16.3. The standard InChI is InChI=1S/C29H41N5O4S.C24H19ClF2N6OS.C4H10/c1-21(23-8-10-24(11-9-23)28-22(2)31-20-39-28)32-29(37)25-7-5-16-34(25)27(36)19-30-26(35)12-18-38-17-6-15-33-13-3-4-14-33;1-34-24-31-20-13(23(32-24)33-8-10-2-3-11(9-33)30-10)6-15(25)18(19(20)27)12-4-5-16(26)21-17(12)14(7-28)22(29)35-21;1-4(2)3/h8-11,20-21,25H,3-7,12-19H2,1-2H3,(H,30,35)(H,32,37);4-6,10-11,30H,2-3,8-9,29H2,1H3;4H,1-3H3. The fraction of sp³-hybridized carbons (Fsp3) is 0.491. The summed E-state index contributed by atoms with van der Waals surface area (Å²) in [6, 6.07) is 14.4. The molecule has 6 aromatic rings. The van der Waals surface area contributed by atoms with Gasteiger partial charge in [-0.15, -0.1) is 22.7 Å². The number of likely N-dealkylation sites (tertiary alicyclic amines) is 2. The number of fused-ring (bicyclic) bond motifs is 4. The number of hydrogen-bond acceptors (Lipinski definition) is 15. The molecule has 4 saturated heterocycles. The van der Waals surface area contributed by atoms with Gasteiger partial charge in [0.15, 0.2) is 5.82 Å². The van der Waals surface area contributed by atoms with Gasteiger partial charge in [-0.25, -0.2) is 13.8 Å². The molecule has 0 radical (unpaired) electrons. The lowest BCUT2D eigenvalue weighted by Gasteiger charge is -2.34. The Bertz CT molecular complexity index is 3110. The maximum atomic E-state index is 16.3. The first-order chi connectivity index (χ1) is 37.5. The SMILES string of the molecule is CC(C)C.COc1nc(N2CC3CCC(C2)N3)c2cc(Cl)c(-c3ccc(F)c4sc(N)c(C#N)c34)c(F)c2n1.Cc1ncsc1-c1ccc(C(C)NC(=O)C2CCCN2C(=O)CNC(=O)CCOCCCN2CCCC2)cc1. The normalized spacial score (nSPS) is 18.3. The lowest BCUT2D eigenvalue weighted by molar-refractivity contribution is -0.139. The van der Waals surface area contributed by atoms with Crippen LogP contribution in [0.15, 0.2) is 48.0 Å². The van der Waals surface area contributed by atoms with Crippen LogP contribution in [0.2, 0.25) is 5.02 Å². The monoisotopic (exact) mass is 1130 g/mol. The number of aromatic nitrogens is 3. The van der Waals surface area contributed by atoms with Crippen LogP contribution in [0, 0.1) is 35.8 Å². The molecule has 10 rings (SSSR count). The van der Waals surface area contributed by atoms with E-state index in [1.54, 1.807) is 22.3 Å². The zero-order valence-corrected chi connectivity index (χ0v) is 47.6. The summed E-state index contributed by atoms with van der Waals surface area (Å²) in [4.78, 5) is 58.5. The summed E-state index contributed by atoms with van der Waals surface area (Å²) >= 11 is 9.23. The zero-order valence-electron chi connectivity index (χ0n) is 45.2. The number of methoxy groups -OCH3 is 1. The molecule has 7 heterocycles. The predicted molar refractivity (Wildman–Crippen MR) is 306 cm³/mol. The number of nitrogen functional groups attached to an aromatic ring is 1. The molecule has 0 aliphatic carbocycles. The van der Waals surface area contributed by atoms with Crippen molar-refractivity contribution in [2.75, 3.05) is 76.8 Å². The van der Waals surface area contributed by atoms with E-state index in [0.717, 1.165) is 84.3 Å². The van der Waals surface area contributed by atoms with Crippen molar-refractivity contribution in [1.29, 1.82) is 5.26 Å². The number of nitriles is 1. The topological polar surface area (TPSA) is 204 Å². The molecule has 3 aromatic carbocycles. The predicted octanol–water partition coefficient (Wildman–Crippen LogP) is 9.80. The number of hydrogen-bond donors (Lipinski definition) is 4. The maximum Gasteiger partial charge on any atom is 0.318 e. The van der Waals surface area contributed by atoms with Crippen molar-refractivity contribution in [3.05, 3.63) is 81.5 Å². The number of thiophene rings is 1. The van der Waals surface area contributed by atoms with Crippen molar-refractivity contribution in [2.45, 2.75) is 110 Å². The average Bonchev–Trinajstić information content (AvgIpc) is 4.35. The summed E-state index contributed by atoms with van der Waals surface area (Å²) in [5.74, 6) is -0.463. The number of piperazine rings is 1. The number of rotatable bonds is 16. The highest BCUT2D eigenvalue weighted by atomic mass is 35.5. The Morgan fingerprint density at radius 2 is 1.71 bits per heavy atom. The fourth-order valence-corrected chi connectivity index (χ4v) is 12.5. The van der Waals surface area contributed by atoms with E-state index in [-0.39, 0.29) is 85.1 Å². The van der Waals surface area contributed by atoms with Crippen LogP contribution >= 0.6 is 34.3 Å². The largest absolute Gasteiger partial charge is 0.467 e. The molecule has 21 heteroatoms. The van der Waals surface area contributed by atoms with Gasteiger partial charge in [-0.05, 0) is 107 Å². The van der Waals surface area contributed by atoms with Crippen LogP contribution in [0.4, 0.5) is 19.6 Å². The molecule has 4 atom stereocenters. The van der Waals surface area contributed by atoms with E-state index in [1.807, 2.05) is 49.7 Å². The van der Waals surface area contributed by atoms with E-state index < -0.39 is 17.7 Å². The van der Waals surface area contributed by atoms with Gasteiger partial charge in [0.25, 0.3) is 0 Å². The molecule has 416 valence electrons. The van der Waals surface area contributed by atoms with E-state index >= 15 is 4.39 Å². The van der Waals surface area contributed by atoms with E-state index in [2.05, 4.69) is 61.5 Å². The number of carbonyl (C=O) groups excluding carboxylic acids is 3. The van der Waals surface area contributed by atoms with Crippen LogP contribution in [-0.2, 0) is 19.1 Å². The van der Waals surface area contributed by atoms with Gasteiger partial charge in [0.05, 0.1) is 57.7 Å². The van der Waals surface area contributed by atoms with Crippen molar-refractivity contribution in [3.63, 3.8) is 0 Å². The number of anilines is 2. The number of halogens is 3. The summed E-state index contributed by atoms with van der Waals surface area (Å²) in [5, 5.41) is 19.9. The van der Waals surface area contributed by atoms with Crippen LogP contribution in [0.3, 0.4) is 0 Å². The third-order valence-electron chi connectivity index (χ3n) is 14.3. The smallest absolute Gasteiger partial charge is 0.318 e. The van der Waals surface area contributed by atoms with Gasteiger partial charge >= 0.3 is 6.01 Å². The zero-order chi connectivity index (χ0) is 55.6. The molecular formula is C57H70ClF2N11O5S2. The Hall–Kier alpha value is -6.08. The minimum Gasteiger partial charge on any atom is -0.467 e. The van der Waals surface area contributed by atoms with Crippen molar-refractivity contribution >= 4 is 83.8 Å². The van der Waals surface area contributed by atoms with E-state index in [9.17, 15) is 24.0 Å². The highest BCUT2D eigenvalue weighted by Gasteiger charge is 2.36. The number of thiazole rings is 1. The Kier molecular flexibility index (Phi) is 19.9. The summed E-state index contributed by atoms with van der Waals surface area (Å²) < 4.78 is 41.9. The number of aryl methyl sites for hydroxylation is 1. The molecule has 3 aromatic heterocycles. The molecule has 2 bridgehead atoms. The second kappa shape index (κ2) is 26.7. The van der Waals surface area contributed by atoms with Crippen LogP contribution in [0.5, 0.6) is 6.01 Å². The summed E-state index contributed by atoms with van der Waals surface area (Å²) in [5.41, 5.74) is 11.3. The molecule has 5 N–H and O–H groups in total. The Labute approximate surface area is 468 Å². The van der Waals surface area contributed by atoms with Gasteiger partial charge < -0.3 is 45.9 Å². The number of ether oxygens (including phenoxy) is 2. The minimum atomic E-state index is -0.700. The average molecular weight is 1130 g/mol. The number of amides is 3. The molecule has 0 spiro atoms. The van der Waals surface area contributed by atoms with Gasteiger partial charge in [-0.3, -0.25) is 14.4 Å². The van der Waals surface area contributed by atoms with Gasteiger partial charge in [-0.2, -0.15) is 15.2 Å². The first-order valence-electron chi connectivity index (χ1n) is 26.9. The minimum absolute atomic E-state index is 0.0190. The first-order valence-corrected chi connectivity index (χ1v) is 28.9. The third kappa shape index (κ3) is 13.8. The molecule has 16 nitrogen and oxygen atoms in total. The van der Waals surface area contributed by atoms with Crippen LogP contribution < -0.4 is 31.3 Å². The van der Waals surface area contributed by atoms with Gasteiger partial charge in [0, 0.05) is 67.6 Å². The van der Waals surface area contributed by atoms with E-state index in [0.29, 0.717) is 49.5 Å². The van der Waals surface area contributed by atoms with Crippen molar-refractivity contribution in [1.82, 2.24) is 40.7 Å². The Morgan fingerprint density at radius 3 is 2.37 bits per heavy atom. The second-order valence-electron chi connectivity index (χ2n) is 20.9. The van der Waals surface area contributed by atoms with Gasteiger partial charge in [0.2, 0.25) is 17.7 Å². The van der Waals surface area contributed by atoms with Crippen LogP contribution in [0.1, 0.15) is 102 Å². The molecule has 4 unspecified atom stereocenters. The molecule has 3 amide bonds. The molecule has 4 aliphatic heterocycles. The Balaban J connectivity index is 0.000000193. The van der Waals surface area contributed by atoms with Crippen molar-refractivity contribution in [3.8, 4) is 33.6 Å². The number of nitrogens with one attached hydrogen (secondary N) is 3. The van der Waals surface area contributed by atoms with E-state index in [4.69, 9.17) is 26.8 Å². The molecular weight excluding hydrogens is 1060 g/mol. The van der Waals surface area contributed by atoms with Crippen molar-refractivity contribution < 1.29 is 32.6 Å². The molecule has 4 fully saturated rings. The second-order valence-corrected chi connectivity index (χ2v) is 23.2. The Morgan fingerprint density at radius 1 is 0.987 bits per heavy atom. The summed E-state index contributed by atoms with van der Waals surface area (Å²) in [7, 11) is 1.43. The summed E-state index contributed by atoms with van der Waals surface area (Å²) in [6.45, 7) is 16.7. The van der Waals surface area contributed by atoms with E-state index in [1.165, 1.54) is 45.2 Å². The highest BCUT2D eigenvalue weighted by molar-refractivity contribution is 7.23.